The highest BCUT2D eigenvalue weighted by atomic mass is 16.2. The fourth-order valence-electron chi connectivity index (χ4n) is 3.19. The fraction of sp³-hybridized carbons (Fsp3) is 0.0870. The SMILES string of the molecule is CN(C)c1ccc(-c2nc3cc(C(=O)Nc4ccc(C(=O)NN)cc4)ccc3[nH]2)cc1. The molecule has 2 amide bonds. The van der Waals surface area contributed by atoms with Gasteiger partial charge in [-0.3, -0.25) is 15.0 Å². The van der Waals surface area contributed by atoms with E-state index in [1.807, 2.05) is 49.3 Å². The third kappa shape index (κ3) is 4.24. The number of aromatic amines is 1. The molecule has 0 aliphatic rings. The Balaban J connectivity index is 1.53. The summed E-state index contributed by atoms with van der Waals surface area (Å²) in [6.07, 6.45) is 0. The highest BCUT2D eigenvalue weighted by Crippen LogP contribution is 2.24. The van der Waals surface area contributed by atoms with Gasteiger partial charge in [0.1, 0.15) is 5.82 Å². The first kappa shape index (κ1) is 20.1. The van der Waals surface area contributed by atoms with Crippen LogP contribution in [0.1, 0.15) is 20.7 Å². The first-order valence-corrected chi connectivity index (χ1v) is 9.64. The second-order valence-corrected chi connectivity index (χ2v) is 7.26. The van der Waals surface area contributed by atoms with Gasteiger partial charge < -0.3 is 15.2 Å². The average Bonchev–Trinajstić information content (AvgIpc) is 3.22. The van der Waals surface area contributed by atoms with Gasteiger partial charge in [0.05, 0.1) is 11.0 Å². The van der Waals surface area contributed by atoms with Crippen molar-refractivity contribution >= 4 is 34.2 Å². The molecule has 1 heterocycles. The van der Waals surface area contributed by atoms with Gasteiger partial charge in [0.25, 0.3) is 11.8 Å². The highest BCUT2D eigenvalue weighted by molar-refractivity contribution is 6.06. The van der Waals surface area contributed by atoms with Gasteiger partial charge in [-0.2, -0.15) is 0 Å². The first-order valence-electron chi connectivity index (χ1n) is 9.64. The summed E-state index contributed by atoms with van der Waals surface area (Å²) < 4.78 is 0. The Labute approximate surface area is 179 Å². The Hall–Kier alpha value is -4.17. The second-order valence-electron chi connectivity index (χ2n) is 7.26. The van der Waals surface area contributed by atoms with Crippen molar-refractivity contribution in [2.75, 3.05) is 24.3 Å². The highest BCUT2D eigenvalue weighted by Gasteiger charge is 2.11. The van der Waals surface area contributed by atoms with Gasteiger partial charge in [-0.1, -0.05) is 0 Å². The third-order valence-corrected chi connectivity index (χ3v) is 4.94. The number of rotatable bonds is 5. The summed E-state index contributed by atoms with van der Waals surface area (Å²) in [7, 11) is 3.99. The molecule has 8 heteroatoms. The zero-order valence-electron chi connectivity index (χ0n) is 17.1. The molecule has 0 aliphatic carbocycles. The topological polar surface area (TPSA) is 116 Å². The maximum Gasteiger partial charge on any atom is 0.265 e. The molecule has 156 valence electrons. The molecule has 0 unspecified atom stereocenters. The zero-order chi connectivity index (χ0) is 22.0. The van der Waals surface area contributed by atoms with E-state index in [1.54, 1.807) is 36.4 Å². The van der Waals surface area contributed by atoms with Crippen LogP contribution in [0.15, 0.2) is 66.7 Å². The summed E-state index contributed by atoms with van der Waals surface area (Å²) in [5.74, 6) is 5.20. The smallest absolute Gasteiger partial charge is 0.265 e. The van der Waals surface area contributed by atoms with Crippen molar-refractivity contribution in [1.82, 2.24) is 15.4 Å². The Bertz CT molecular complexity index is 1240. The van der Waals surface area contributed by atoms with Gasteiger partial charge in [0, 0.05) is 42.2 Å². The molecule has 0 bridgehead atoms. The lowest BCUT2D eigenvalue weighted by molar-refractivity contribution is 0.0953. The molecule has 8 nitrogen and oxygen atoms in total. The monoisotopic (exact) mass is 414 g/mol. The van der Waals surface area contributed by atoms with Crippen LogP contribution in [0.2, 0.25) is 0 Å². The number of imidazole rings is 1. The number of benzene rings is 3. The van der Waals surface area contributed by atoms with Gasteiger partial charge in [0.15, 0.2) is 0 Å². The van der Waals surface area contributed by atoms with Gasteiger partial charge in [0.2, 0.25) is 0 Å². The predicted octanol–water partition coefficient (Wildman–Crippen LogP) is 3.15. The quantitative estimate of drug-likeness (QED) is 0.227. The minimum atomic E-state index is -0.394. The third-order valence-electron chi connectivity index (χ3n) is 4.94. The van der Waals surface area contributed by atoms with Crippen LogP contribution in [0.3, 0.4) is 0 Å². The predicted molar refractivity (Wildman–Crippen MR) is 122 cm³/mol. The minimum Gasteiger partial charge on any atom is -0.378 e. The molecule has 1 aromatic heterocycles. The second kappa shape index (κ2) is 8.29. The van der Waals surface area contributed by atoms with Gasteiger partial charge >= 0.3 is 0 Å². The maximum absolute atomic E-state index is 12.7. The maximum atomic E-state index is 12.7. The summed E-state index contributed by atoms with van der Waals surface area (Å²) in [4.78, 5) is 34.1. The number of hydrogen-bond donors (Lipinski definition) is 4. The molecule has 0 spiro atoms. The fourth-order valence-corrected chi connectivity index (χ4v) is 3.19. The van der Waals surface area contributed by atoms with Crippen molar-refractivity contribution in [1.29, 1.82) is 0 Å². The van der Waals surface area contributed by atoms with Crippen LogP contribution in [-0.4, -0.2) is 35.9 Å². The number of nitrogen functional groups attached to an aromatic ring is 1. The Kier molecular flexibility index (Phi) is 5.38. The van der Waals surface area contributed by atoms with Crippen LogP contribution in [0.4, 0.5) is 11.4 Å². The number of amides is 2. The van der Waals surface area contributed by atoms with E-state index in [0.717, 1.165) is 22.6 Å². The van der Waals surface area contributed by atoms with Crippen LogP contribution < -0.4 is 21.5 Å². The molecule has 4 rings (SSSR count). The summed E-state index contributed by atoms with van der Waals surface area (Å²) in [5.41, 5.74) is 7.15. The van der Waals surface area contributed by atoms with Crippen molar-refractivity contribution in [3.05, 3.63) is 77.9 Å². The minimum absolute atomic E-state index is 0.266. The number of anilines is 2. The van der Waals surface area contributed by atoms with E-state index >= 15 is 0 Å². The molecular formula is C23H22N6O2. The van der Waals surface area contributed by atoms with Crippen molar-refractivity contribution in [2.24, 2.45) is 5.84 Å². The van der Waals surface area contributed by atoms with Crippen molar-refractivity contribution in [3.63, 3.8) is 0 Å². The normalized spacial score (nSPS) is 10.7. The number of fused-ring (bicyclic) bond motifs is 1. The summed E-state index contributed by atoms with van der Waals surface area (Å²) in [6, 6.07) is 19.9. The number of aromatic nitrogens is 2. The zero-order valence-corrected chi connectivity index (χ0v) is 17.1. The van der Waals surface area contributed by atoms with Gasteiger partial charge in [-0.15, -0.1) is 0 Å². The lowest BCUT2D eigenvalue weighted by Crippen LogP contribution is -2.29. The van der Waals surface area contributed by atoms with Crippen LogP contribution in [0.5, 0.6) is 0 Å². The molecule has 3 aromatic carbocycles. The van der Waals surface area contributed by atoms with E-state index in [-0.39, 0.29) is 5.91 Å². The molecule has 0 radical (unpaired) electrons. The van der Waals surface area contributed by atoms with Gasteiger partial charge in [-0.05, 0) is 66.7 Å². The van der Waals surface area contributed by atoms with E-state index in [9.17, 15) is 9.59 Å². The lowest BCUT2D eigenvalue weighted by atomic mass is 10.1. The first-order chi connectivity index (χ1) is 14.9. The van der Waals surface area contributed by atoms with Gasteiger partial charge in [-0.25, -0.2) is 10.8 Å². The van der Waals surface area contributed by atoms with Crippen molar-refractivity contribution < 1.29 is 9.59 Å². The number of H-pyrrole nitrogens is 1. The van der Waals surface area contributed by atoms with Crippen LogP contribution in [0, 0.1) is 0 Å². The molecule has 0 saturated heterocycles. The molecule has 31 heavy (non-hydrogen) atoms. The van der Waals surface area contributed by atoms with Crippen molar-refractivity contribution in [3.8, 4) is 11.4 Å². The number of nitrogens with one attached hydrogen (secondary N) is 3. The van der Waals surface area contributed by atoms with E-state index < -0.39 is 5.91 Å². The molecule has 0 saturated carbocycles. The van der Waals surface area contributed by atoms with E-state index in [0.29, 0.717) is 22.3 Å². The molecule has 0 fully saturated rings. The number of nitrogens with zero attached hydrogens (tertiary/aromatic N) is 2. The Morgan fingerprint density at radius 1 is 0.903 bits per heavy atom. The number of carbonyl (C=O) groups excluding carboxylic acids is 2. The number of carbonyl (C=O) groups is 2. The molecule has 4 aromatic rings. The summed E-state index contributed by atoms with van der Waals surface area (Å²) >= 11 is 0. The molecule has 0 aliphatic heterocycles. The molecule has 5 N–H and O–H groups in total. The molecule has 0 atom stereocenters. The number of hydrogen-bond acceptors (Lipinski definition) is 5. The van der Waals surface area contributed by atoms with Crippen molar-refractivity contribution in [2.45, 2.75) is 0 Å². The number of nitrogens with two attached hydrogens (primary N) is 1. The largest absolute Gasteiger partial charge is 0.378 e. The van der Waals surface area contributed by atoms with E-state index in [2.05, 4.69) is 20.7 Å². The standard InChI is InChI=1S/C23H22N6O2/c1-29(2)18-10-5-14(6-11-18)21-26-19-12-7-16(13-20(19)27-21)22(30)25-17-8-3-15(4-9-17)23(31)28-24/h3-13H,24H2,1-2H3,(H,25,30)(H,26,27)(H,28,31). The van der Waals surface area contributed by atoms with E-state index in [4.69, 9.17) is 5.84 Å². The average molecular weight is 414 g/mol. The molecular weight excluding hydrogens is 392 g/mol. The van der Waals surface area contributed by atoms with Crippen LogP contribution in [-0.2, 0) is 0 Å². The Morgan fingerprint density at radius 2 is 1.58 bits per heavy atom. The lowest BCUT2D eigenvalue weighted by Gasteiger charge is -2.11. The van der Waals surface area contributed by atoms with Crippen LogP contribution in [0.25, 0.3) is 22.4 Å². The summed E-state index contributed by atoms with van der Waals surface area (Å²) in [5, 5.41) is 2.82. The van der Waals surface area contributed by atoms with E-state index in [1.165, 1.54) is 0 Å². The Morgan fingerprint density at radius 3 is 2.23 bits per heavy atom. The summed E-state index contributed by atoms with van der Waals surface area (Å²) in [6.45, 7) is 0. The number of hydrazine groups is 1. The van der Waals surface area contributed by atoms with Crippen LogP contribution >= 0.6 is 0 Å².